The van der Waals surface area contributed by atoms with Gasteiger partial charge in [-0.15, -0.1) is 0 Å². The van der Waals surface area contributed by atoms with Crippen LogP contribution in [0.25, 0.3) is 0 Å². The maximum Gasteiger partial charge on any atom is 0.128 e. The SMILES string of the molecule is Cc1cnc(NCc2ccco2)cc1N. The summed E-state index contributed by atoms with van der Waals surface area (Å²) in [6, 6.07) is 5.58. The molecule has 2 rings (SSSR count). The molecule has 3 N–H and O–H groups in total. The maximum absolute atomic E-state index is 5.77. The Labute approximate surface area is 88.1 Å². The largest absolute Gasteiger partial charge is 0.467 e. The first-order valence-corrected chi connectivity index (χ1v) is 4.74. The van der Waals surface area contributed by atoms with Crippen molar-refractivity contribution in [2.24, 2.45) is 0 Å². The molecule has 15 heavy (non-hydrogen) atoms. The summed E-state index contributed by atoms with van der Waals surface area (Å²) in [7, 11) is 0. The van der Waals surface area contributed by atoms with Crippen LogP contribution < -0.4 is 11.1 Å². The Hall–Kier alpha value is -1.97. The average molecular weight is 203 g/mol. The molecule has 0 aromatic carbocycles. The quantitative estimate of drug-likeness (QED) is 0.802. The molecule has 0 amide bonds. The smallest absolute Gasteiger partial charge is 0.128 e. The number of aromatic nitrogens is 1. The number of hydrogen-bond donors (Lipinski definition) is 2. The molecule has 0 spiro atoms. The molecule has 2 aromatic heterocycles. The van der Waals surface area contributed by atoms with E-state index in [1.807, 2.05) is 25.1 Å². The van der Waals surface area contributed by atoms with Crippen LogP contribution >= 0.6 is 0 Å². The highest BCUT2D eigenvalue weighted by atomic mass is 16.3. The lowest BCUT2D eigenvalue weighted by atomic mass is 10.2. The number of nitrogens with zero attached hydrogens (tertiary/aromatic N) is 1. The fraction of sp³-hybridized carbons (Fsp3) is 0.182. The lowest BCUT2D eigenvalue weighted by Crippen LogP contribution is -2.01. The highest BCUT2D eigenvalue weighted by Gasteiger charge is 1.99. The zero-order chi connectivity index (χ0) is 10.7. The van der Waals surface area contributed by atoms with E-state index in [9.17, 15) is 0 Å². The third-order valence-electron chi connectivity index (χ3n) is 2.17. The van der Waals surface area contributed by atoms with Crippen LogP contribution in [0.2, 0.25) is 0 Å². The van der Waals surface area contributed by atoms with Crippen LogP contribution in [0.4, 0.5) is 11.5 Å². The minimum Gasteiger partial charge on any atom is -0.467 e. The number of nitrogens with one attached hydrogen (secondary N) is 1. The Morgan fingerprint density at radius 2 is 2.40 bits per heavy atom. The van der Waals surface area contributed by atoms with Crippen LogP contribution in [0.15, 0.2) is 35.1 Å². The fourth-order valence-electron chi connectivity index (χ4n) is 1.23. The highest BCUT2D eigenvalue weighted by molar-refractivity contribution is 5.53. The number of rotatable bonds is 3. The van der Waals surface area contributed by atoms with Crippen LogP contribution in [-0.2, 0) is 6.54 Å². The predicted octanol–water partition coefficient (Wildman–Crippen LogP) is 2.18. The van der Waals surface area contributed by atoms with Crippen LogP contribution in [0, 0.1) is 6.92 Å². The van der Waals surface area contributed by atoms with Gasteiger partial charge >= 0.3 is 0 Å². The van der Waals surface area contributed by atoms with Crippen LogP contribution in [-0.4, -0.2) is 4.98 Å². The Balaban J connectivity index is 2.02. The van der Waals surface area contributed by atoms with E-state index >= 15 is 0 Å². The van der Waals surface area contributed by atoms with Gasteiger partial charge in [0.1, 0.15) is 11.6 Å². The molecule has 0 saturated heterocycles. The second kappa shape index (κ2) is 4.04. The molecule has 4 heteroatoms. The van der Waals surface area contributed by atoms with E-state index in [2.05, 4.69) is 10.3 Å². The van der Waals surface area contributed by atoms with E-state index in [4.69, 9.17) is 10.2 Å². The van der Waals surface area contributed by atoms with Crippen molar-refractivity contribution in [3.8, 4) is 0 Å². The molecule has 0 fully saturated rings. The van der Waals surface area contributed by atoms with Gasteiger partial charge in [-0.1, -0.05) is 0 Å². The molecule has 4 nitrogen and oxygen atoms in total. The van der Waals surface area contributed by atoms with E-state index in [1.54, 1.807) is 12.5 Å². The van der Waals surface area contributed by atoms with Gasteiger partial charge in [0.15, 0.2) is 0 Å². The van der Waals surface area contributed by atoms with Crippen molar-refractivity contribution in [1.82, 2.24) is 4.98 Å². The maximum atomic E-state index is 5.77. The number of pyridine rings is 1. The van der Waals surface area contributed by atoms with Gasteiger partial charge in [0.05, 0.1) is 12.8 Å². The van der Waals surface area contributed by atoms with Crippen molar-refractivity contribution in [3.05, 3.63) is 42.0 Å². The molecule has 0 aliphatic rings. The summed E-state index contributed by atoms with van der Waals surface area (Å²) < 4.78 is 5.19. The van der Waals surface area contributed by atoms with E-state index in [0.717, 1.165) is 22.8 Å². The summed E-state index contributed by atoms with van der Waals surface area (Å²) in [4.78, 5) is 4.21. The van der Waals surface area contributed by atoms with Gasteiger partial charge in [-0.2, -0.15) is 0 Å². The van der Waals surface area contributed by atoms with Crippen molar-refractivity contribution in [1.29, 1.82) is 0 Å². The zero-order valence-corrected chi connectivity index (χ0v) is 8.53. The number of nitrogen functional groups attached to an aromatic ring is 1. The van der Waals surface area contributed by atoms with Crippen molar-refractivity contribution in [2.75, 3.05) is 11.1 Å². The summed E-state index contributed by atoms with van der Waals surface area (Å²) in [6.07, 6.45) is 3.40. The van der Waals surface area contributed by atoms with Gasteiger partial charge in [0.2, 0.25) is 0 Å². The molecular weight excluding hydrogens is 190 g/mol. The third-order valence-corrected chi connectivity index (χ3v) is 2.17. The number of furan rings is 1. The second-order valence-corrected chi connectivity index (χ2v) is 3.36. The number of aryl methyl sites for hydroxylation is 1. The van der Waals surface area contributed by atoms with E-state index in [-0.39, 0.29) is 0 Å². The number of hydrogen-bond acceptors (Lipinski definition) is 4. The van der Waals surface area contributed by atoms with Crippen LogP contribution in [0.5, 0.6) is 0 Å². The molecule has 0 aliphatic carbocycles. The van der Waals surface area contributed by atoms with Crippen molar-refractivity contribution < 1.29 is 4.42 Å². The van der Waals surface area contributed by atoms with Gasteiger partial charge in [0, 0.05) is 18.0 Å². The molecule has 0 bridgehead atoms. The summed E-state index contributed by atoms with van der Waals surface area (Å²) in [5.74, 6) is 1.63. The average Bonchev–Trinajstić information content (AvgIpc) is 2.73. The van der Waals surface area contributed by atoms with E-state index < -0.39 is 0 Å². The Bertz CT molecular complexity index is 437. The first-order valence-electron chi connectivity index (χ1n) is 4.74. The standard InChI is InChI=1S/C11H13N3O/c1-8-6-13-11(5-10(8)12)14-7-9-3-2-4-15-9/h2-6H,7H2,1H3,(H3,12,13,14). The molecule has 0 unspecified atom stereocenters. The first-order chi connectivity index (χ1) is 7.25. The van der Waals surface area contributed by atoms with Crippen molar-refractivity contribution >= 4 is 11.5 Å². The Morgan fingerprint density at radius 3 is 3.07 bits per heavy atom. The van der Waals surface area contributed by atoms with Crippen molar-refractivity contribution in [2.45, 2.75) is 13.5 Å². The van der Waals surface area contributed by atoms with Gasteiger partial charge < -0.3 is 15.5 Å². The summed E-state index contributed by atoms with van der Waals surface area (Å²) >= 11 is 0. The minimum atomic E-state index is 0.614. The van der Waals surface area contributed by atoms with Gasteiger partial charge in [-0.3, -0.25) is 0 Å². The lowest BCUT2D eigenvalue weighted by Gasteiger charge is -2.05. The Morgan fingerprint density at radius 1 is 1.53 bits per heavy atom. The monoisotopic (exact) mass is 203 g/mol. The van der Waals surface area contributed by atoms with Gasteiger partial charge in [-0.25, -0.2) is 4.98 Å². The van der Waals surface area contributed by atoms with E-state index in [0.29, 0.717) is 6.54 Å². The molecule has 0 saturated carbocycles. The normalized spacial score (nSPS) is 10.2. The van der Waals surface area contributed by atoms with Gasteiger partial charge in [0.25, 0.3) is 0 Å². The van der Waals surface area contributed by atoms with Crippen molar-refractivity contribution in [3.63, 3.8) is 0 Å². The molecule has 0 aliphatic heterocycles. The zero-order valence-electron chi connectivity index (χ0n) is 8.53. The first kappa shape index (κ1) is 9.58. The molecule has 2 aromatic rings. The number of nitrogens with two attached hydrogens (primary N) is 1. The topological polar surface area (TPSA) is 64.1 Å². The second-order valence-electron chi connectivity index (χ2n) is 3.36. The summed E-state index contributed by atoms with van der Waals surface area (Å²) in [5, 5.41) is 3.13. The number of anilines is 2. The molecular formula is C11H13N3O. The summed E-state index contributed by atoms with van der Waals surface area (Å²) in [6.45, 7) is 2.54. The van der Waals surface area contributed by atoms with Crippen LogP contribution in [0.1, 0.15) is 11.3 Å². The summed E-state index contributed by atoms with van der Waals surface area (Å²) in [5.41, 5.74) is 7.49. The third kappa shape index (κ3) is 2.28. The van der Waals surface area contributed by atoms with Gasteiger partial charge in [-0.05, 0) is 24.6 Å². The molecule has 0 atom stereocenters. The molecule has 0 radical (unpaired) electrons. The lowest BCUT2D eigenvalue weighted by molar-refractivity contribution is 0.518. The predicted molar refractivity (Wildman–Crippen MR) is 59.4 cm³/mol. The highest BCUT2D eigenvalue weighted by Crippen LogP contribution is 2.14. The van der Waals surface area contributed by atoms with Crippen LogP contribution in [0.3, 0.4) is 0 Å². The molecule has 78 valence electrons. The van der Waals surface area contributed by atoms with E-state index in [1.165, 1.54) is 0 Å². The Kier molecular flexibility index (Phi) is 2.58. The minimum absolute atomic E-state index is 0.614. The fourth-order valence-corrected chi connectivity index (χ4v) is 1.23. The molecule has 2 heterocycles.